The van der Waals surface area contributed by atoms with Crippen LogP contribution in [0.4, 0.5) is 10.5 Å². The number of benzene rings is 1. The van der Waals surface area contributed by atoms with Crippen LogP contribution >= 0.6 is 11.8 Å². The van der Waals surface area contributed by atoms with E-state index in [9.17, 15) is 14.7 Å². The maximum absolute atomic E-state index is 12.2. The molecule has 2 rings (SSSR count). The second-order valence-electron chi connectivity index (χ2n) is 5.55. The smallest absolute Gasteiger partial charge is 0.321 e. The van der Waals surface area contributed by atoms with Crippen LogP contribution in [0.5, 0.6) is 0 Å². The van der Waals surface area contributed by atoms with E-state index in [4.69, 9.17) is 0 Å². The van der Waals surface area contributed by atoms with E-state index in [1.807, 2.05) is 30.5 Å². The van der Waals surface area contributed by atoms with Gasteiger partial charge in [-0.1, -0.05) is 0 Å². The number of carbonyl (C=O) groups is 2. The van der Waals surface area contributed by atoms with Gasteiger partial charge in [0.05, 0.1) is 5.41 Å². The number of piperidine rings is 1. The molecule has 114 valence electrons. The lowest BCUT2D eigenvalue weighted by Crippen LogP contribution is -2.49. The zero-order valence-electron chi connectivity index (χ0n) is 12.3. The van der Waals surface area contributed by atoms with E-state index in [2.05, 4.69) is 5.32 Å². The molecule has 2 N–H and O–H groups in total. The number of rotatable bonds is 3. The van der Waals surface area contributed by atoms with E-state index in [-0.39, 0.29) is 12.6 Å². The largest absolute Gasteiger partial charge is 0.481 e. The van der Waals surface area contributed by atoms with Gasteiger partial charge in [0.2, 0.25) is 0 Å². The predicted molar refractivity (Wildman–Crippen MR) is 83.8 cm³/mol. The molecule has 0 saturated carbocycles. The van der Waals surface area contributed by atoms with Crippen LogP contribution in [0.1, 0.15) is 19.8 Å². The zero-order chi connectivity index (χ0) is 15.5. The summed E-state index contributed by atoms with van der Waals surface area (Å²) < 4.78 is 0. The average Bonchev–Trinajstić information content (AvgIpc) is 2.48. The van der Waals surface area contributed by atoms with Crippen molar-refractivity contribution in [1.29, 1.82) is 0 Å². The third-order valence-electron chi connectivity index (χ3n) is 3.84. The Kier molecular flexibility index (Phi) is 4.77. The van der Waals surface area contributed by atoms with E-state index in [1.54, 1.807) is 23.6 Å². The number of aliphatic carboxylic acids is 1. The highest BCUT2D eigenvalue weighted by Gasteiger charge is 2.39. The molecule has 1 aromatic rings. The van der Waals surface area contributed by atoms with Crippen LogP contribution in [0, 0.1) is 5.41 Å². The second kappa shape index (κ2) is 6.39. The van der Waals surface area contributed by atoms with E-state index in [1.165, 1.54) is 0 Å². The minimum atomic E-state index is -0.849. The quantitative estimate of drug-likeness (QED) is 0.842. The number of thioether (sulfide) groups is 1. The highest BCUT2D eigenvalue weighted by molar-refractivity contribution is 7.98. The number of anilines is 1. The molecule has 1 heterocycles. The van der Waals surface area contributed by atoms with Crippen molar-refractivity contribution in [1.82, 2.24) is 4.90 Å². The van der Waals surface area contributed by atoms with Gasteiger partial charge in [0.1, 0.15) is 0 Å². The number of hydrogen-bond donors (Lipinski definition) is 2. The van der Waals surface area contributed by atoms with Crippen molar-refractivity contribution >= 4 is 29.4 Å². The maximum Gasteiger partial charge on any atom is 0.321 e. The molecule has 1 unspecified atom stereocenters. The van der Waals surface area contributed by atoms with Gasteiger partial charge in [-0.15, -0.1) is 11.8 Å². The minimum absolute atomic E-state index is 0.237. The normalized spacial score (nSPS) is 21.9. The molecule has 0 spiro atoms. The number of urea groups is 1. The lowest BCUT2D eigenvalue weighted by atomic mass is 9.82. The summed E-state index contributed by atoms with van der Waals surface area (Å²) in [7, 11) is 0. The van der Waals surface area contributed by atoms with Crippen molar-refractivity contribution in [3.8, 4) is 0 Å². The number of carboxylic acid groups (broad SMARTS) is 1. The molecule has 6 heteroatoms. The molecule has 2 amide bonds. The third-order valence-corrected chi connectivity index (χ3v) is 4.58. The van der Waals surface area contributed by atoms with Gasteiger partial charge < -0.3 is 15.3 Å². The number of carboxylic acids is 1. The summed E-state index contributed by atoms with van der Waals surface area (Å²) in [4.78, 5) is 26.3. The van der Waals surface area contributed by atoms with Gasteiger partial charge >= 0.3 is 12.0 Å². The topological polar surface area (TPSA) is 69.6 Å². The van der Waals surface area contributed by atoms with Gasteiger partial charge in [0.15, 0.2) is 0 Å². The first-order valence-electron chi connectivity index (χ1n) is 6.88. The van der Waals surface area contributed by atoms with E-state index in [0.29, 0.717) is 19.4 Å². The third kappa shape index (κ3) is 3.69. The molecule has 0 aromatic heterocycles. The summed E-state index contributed by atoms with van der Waals surface area (Å²) in [6, 6.07) is 7.35. The molecule has 1 fully saturated rings. The highest BCUT2D eigenvalue weighted by Crippen LogP contribution is 2.30. The Morgan fingerprint density at radius 3 is 2.57 bits per heavy atom. The summed E-state index contributed by atoms with van der Waals surface area (Å²) in [5.41, 5.74) is -0.126. The fraction of sp³-hybridized carbons (Fsp3) is 0.467. The summed E-state index contributed by atoms with van der Waals surface area (Å²) >= 11 is 1.64. The van der Waals surface area contributed by atoms with Crippen molar-refractivity contribution in [2.75, 3.05) is 24.7 Å². The monoisotopic (exact) mass is 308 g/mol. The first-order chi connectivity index (χ1) is 9.94. The lowest BCUT2D eigenvalue weighted by Gasteiger charge is -2.37. The fourth-order valence-electron chi connectivity index (χ4n) is 2.46. The molecule has 1 aromatic carbocycles. The van der Waals surface area contributed by atoms with Crippen LogP contribution in [-0.4, -0.2) is 41.4 Å². The lowest BCUT2D eigenvalue weighted by molar-refractivity contribution is -0.150. The summed E-state index contributed by atoms with van der Waals surface area (Å²) in [5.74, 6) is -0.843. The molecule has 0 radical (unpaired) electrons. The molecular weight excluding hydrogens is 288 g/mol. The molecule has 1 aliphatic rings. The van der Waals surface area contributed by atoms with Crippen molar-refractivity contribution in [2.24, 2.45) is 5.41 Å². The van der Waals surface area contributed by atoms with Crippen molar-refractivity contribution in [2.45, 2.75) is 24.7 Å². The van der Waals surface area contributed by atoms with Crippen LogP contribution in [0.3, 0.4) is 0 Å². The van der Waals surface area contributed by atoms with Gasteiger partial charge in [-0.25, -0.2) is 4.79 Å². The molecule has 1 aliphatic heterocycles. The molecule has 1 saturated heterocycles. The van der Waals surface area contributed by atoms with Crippen molar-refractivity contribution < 1.29 is 14.7 Å². The standard InChI is InChI=1S/C15H20N2O3S/c1-15(13(18)19)8-3-9-17(10-15)14(20)16-11-4-6-12(21-2)7-5-11/h4-7H,3,8-10H2,1-2H3,(H,16,20)(H,18,19). The molecule has 5 nitrogen and oxygen atoms in total. The Labute approximate surface area is 128 Å². The Hall–Kier alpha value is -1.69. The maximum atomic E-state index is 12.2. The number of hydrogen-bond acceptors (Lipinski definition) is 3. The van der Waals surface area contributed by atoms with Crippen LogP contribution < -0.4 is 5.32 Å². The van der Waals surface area contributed by atoms with E-state index >= 15 is 0 Å². The Morgan fingerprint density at radius 2 is 2.00 bits per heavy atom. The van der Waals surface area contributed by atoms with Crippen LogP contribution in [0.15, 0.2) is 29.2 Å². The Balaban J connectivity index is 2.00. The van der Waals surface area contributed by atoms with Gasteiger partial charge in [-0.2, -0.15) is 0 Å². The summed E-state index contributed by atoms with van der Waals surface area (Å²) in [6.45, 7) is 2.54. The number of likely N-dealkylation sites (tertiary alicyclic amines) is 1. The van der Waals surface area contributed by atoms with Crippen LogP contribution in [-0.2, 0) is 4.79 Å². The van der Waals surface area contributed by atoms with Crippen LogP contribution in [0.25, 0.3) is 0 Å². The van der Waals surface area contributed by atoms with Gasteiger partial charge in [-0.05, 0) is 50.3 Å². The zero-order valence-corrected chi connectivity index (χ0v) is 13.1. The van der Waals surface area contributed by atoms with Gasteiger partial charge in [-0.3, -0.25) is 4.79 Å². The van der Waals surface area contributed by atoms with Crippen LogP contribution in [0.2, 0.25) is 0 Å². The molecule has 1 atom stereocenters. The summed E-state index contributed by atoms with van der Waals surface area (Å²) in [6.07, 6.45) is 3.31. The van der Waals surface area contributed by atoms with E-state index in [0.717, 1.165) is 10.6 Å². The first kappa shape index (κ1) is 15.7. The molecule has 0 bridgehead atoms. The van der Waals surface area contributed by atoms with Gasteiger partial charge in [0, 0.05) is 23.7 Å². The van der Waals surface area contributed by atoms with Gasteiger partial charge in [0.25, 0.3) is 0 Å². The second-order valence-corrected chi connectivity index (χ2v) is 6.43. The van der Waals surface area contributed by atoms with Crippen molar-refractivity contribution in [3.05, 3.63) is 24.3 Å². The minimum Gasteiger partial charge on any atom is -0.481 e. The van der Waals surface area contributed by atoms with Crippen molar-refractivity contribution in [3.63, 3.8) is 0 Å². The first-order valence-corrected chi connectivity index (χ1v) is 8.10. The fourth-order valence-corrected chi connectivity index (χ4v) is 2.87. The van der Waals surface area contributed by atoms with E-state index < -0.39 is 11.4 Å². The Morgan fingerprint density at radius 1 is 1.33 bits per heavy atom. The SMILES string of the molecule is CSc1ccc(NC(=O)N2CCCC(C)(C(=O)O)C2)cc1. The number of nitrogens with zero attached hydrogens (tertiary/aromatic N) is 1. The summed E-state index contributed by atoms with van der Waals surface area (Å²) in [5, 5.41) is 12.1. The molecule has 0 aliphatic carbocycles. The highest BCUT2D eigenvalue weighted by atomic mass is 32.2. The molecule has 21 heavy (non-hydrogen) atoms. The number of carbonyl (C=O) groups excluding carboxylic acids is 1. The predicted octanol–water partition coefficient (Wildman–Crippen LogP) is 3.13. The number of nitrogens with one attached hydrogen (secondary N) is 1. The Bertz CT molecular complexity index is 532. The number of amides is 2. The molecular formula is C15H20N2O3S. The average molecular weight is 308 g/mol.